The van der Waals surface area contributed by atoms with Gasteiger partial charge in [0.2, 0.25) is 0 Å². The third-order valence-corrected chi connectivity index (χ3v) is 3.22. The van der Waals surface area contributed by atoms with Gasteiger partial charge in [-0.2, -0.15) is 12.6 Å². The summed E-state index contributed by atoms with van der Waals surface area (Å²) in [4.78, 5) is 0. The molecule has 0 saturated heterocycles. The maximum absolute atomic E-state index is 5.73. The van der Waals surface area contributed by atoms with Gasteiger partial charge in [-0.1, -0.05) is 32.4 Å². The van der Waals surface area contributed by atoms with Crippen LogP contribution in [0, 0.1) is 5.92 Å². The lowest BCUT2D eigenvalue weighted by Gasteiger charge is -2.11. The van der Waals surface area contributed by atoms with Crippen LogP contribution in [-0.2, 0) is 6.42 Å². The van der Waals surface area contributed by atoms with E-state index in [9.17, 15) is 0 Å². The summed E-state index contributed by atoms with van der Waals surface area (Å²) in [7, 11) is 0. The normalized spacial score (nSPS) is 12.4. The Kier molecular flexibility index (Phi) is 7.18. The third-order valence-electron chi connectivity index (χ3n) is 2.96. The van der Waals surface area contributed by atoms with E-state index in [1.165, 1.54) is 18.4 Å². The first-order valence-electron chi connectivity index (χ1n) is 6.58. The summed E-state index contributed by atoms with van der Waals surface area (Å²) in [6, 6.07) is 8.48. The highest BCUT2D eigenvalue weighted by Crippen LogP contribution is 2.15. The summed E-state index contributed by atoms with van der Waals surface area (Å²) in [5.74, 6) is 2.65. The second-order valence-electron chi connectivity index (χ2n) is 4.65. The predicted molar refractivity (Wildman–Crippen MR) is 78.2 cm³/mol. The van der Waals surface area contributed by atoms with Crippen molar-refractivity contribution in [3.8, 4) is 5.75 Å². The van der Waals surface area contributed by atoms with Gasteiger partial charge in [0.25, 0.3) is 0 Å². The highest BCUT2D eigenvalue weighted by atomic mass is 32.1. The molecule has 1 nitrogen and oxygen atoms in total. The molecule has 0 heterocycles. The minimum absolute atomic E-state index is 0.701. The molecule has 0 aliphatic rings. The molecule has 0 aromatic heterocycles. The standard InChI is InChI=1S/C15H24OS/c1-3-4-14-5-7-15(8-6-14)16-11-9-13(2)10-12-17/h5-8,13,17H,3-4,9-12H2,1-2H3. The van der Waals surface area contributed by atoms with E-state index in [2.05, 4.69) is 50.7 Å². The number of thiol groups is 1. The lowest BCUT2D eigenvalue weighted by atomic mass is 10.1. The largest absolute Gasteiger partial charge is 0.494 e. The number of rotatable bonds is 8. The Balaban J connectivity index is 2.27. The Morgan fingerprint density at radius 1 is 1.18 bits per heavy atom. The summed E-state index contributed by atoms with van der Waals surface area (Å²) in [6.07, 6.45) is 4.62. The molecule has 0 bridgehead atoms. The molecule has 0 N–H and O–H groups in total. The van der Waals surface area contributed by atoms with Crippen LogP contribution in [0.1, 0.15) is 38.7 Å². The molecule has 96 valence electrons. The quantitative estimate of drug-likeness (QED) is 0.676. The van der Waals surface area contributed by atoms with Crippen molar-refractivity contribution >= 4 is 12.6 Å². The highest BCUT2D eigenvalue weighted by Gasteiger charge is 2.01. The van der Waals surface area contributed by atoms with E-state index in [0.717, 1.165) is 31.0 Å². The van der Waals surface area contributed by atoms with Gasteiger partial charge in [0.15, 0.2) is 0 Å². The van der Waals surface area contributed by atoms with Gasteiger partial charge in [-0.15, -0.1) is 0 Å². The van der Waals surface area contributed by atoms with Gasteiger partial charge in [-0.3, -0.25) is 0 Å². The Hall–Kier alpha value is -0.630. The first-order chi connectivity index (χ1) is 8.26. The van der Waals surface area contributed by atoms with Crippen LogP contribution in [0.2, 0.25) is 0 Å². The fourth-order valence-electron chi connectivity index (χ4n) is 1.78. The van der Waals surface area contributed by atoms with Crippen LogP contribution in [0.4, 0.5) is 0 Å². The zero-order valence-electron chi connectivity index (χ0n) is 11.0. The molecule has 1 aromatic rings. The molecule has 0 aliphatic carbocycles. The maximum Gasteiger partial charge on any atom is 0.119 e. The number of benzene rings is 1. The summed E-state index contributed by atoms with van der Waals surface area (Å²) >= 11 is 4.24. The monoisotopic (exact) mass is 252 g/mol. The van der Waals surface area contributed by atoms with Crippen LogP contribution in [0.15, 0.2) is 24.3 Å². The van der Waals surface area contributed by atoms with E-state index in [0.29, 0.717) is 5.92 Å². The molecule has 0 amide bonds. The predicted octanol–water partition coefficient (Wildman–Crippen LogP) is 4.36. The van der Waals surface area contributed by atoms with Gasteiger partial charge in [-0.05, 0) is 48.6 Å². The number of ether oxygens (including phenoxy) is 1. The second-order valence-corrected chi connectivity index (χ2v) is 5.10. The Labute approximate surface area is 111 Å². The fourth-order valence-corrected chi connectivity index (χ4v) is 2.22. The average molecular weight is 252 g/mol. The molecule has 0 radical (unpaired) electrons. The molecule has 0 saturated carbocycles. The molecule has 17 heavy (non-hydrogen) atoms. The van der Waals surface area contributed by atoms with Gasteiger partial charge in [0.1, 0.15) is 5.75 Å². The van der Waals surface area contributed by atoms with Crippen molar-refractivity contribution in [3.05, 3.63) is 29.8 Å². The highest BCUT2D eigenvalue weighted by molar-refractivity contribution is 7.80. The molecule has 0 fully saturated rings. The van der Waals surface area contributed by atoms with Crippen LogP contribution in [0.25, 0.3) is 0 Å². The van der Waals surface area contributed by atoms with Crippen LogP contribution in [-0.4, -0.2) is 12.4 Å². The maximum atomic E-state index is 5.73. The topological polar surface area (TPSA) is 9.23 Å². The number of hydrogen-bond donors (Lipinski definition) is 1. The van der Waals surface area contributed by atoms with Crippen LogP contribution in [0.5, 0.6) is 5.75 Å². The van der Waals surface area contributed by atoms with E-state index < -0.39 is 0 Å². The number of hydrogen-bond acceptors (Lipinski definition) is 2. The lowest BCUT2D eigenvalue weighted by Crippen LogP contribution is -2.04. The second kappa shape index (κ2) is 8.46. The van der Waals surface area contributed by atoms with Gasteiger partial charge in [-0.25, -0.2) is 0 Å². The minimum atomic E-state index is 0.701. The average Bonchev–Trinajstić information content (AvgIpc) is 2.32. The van der Waals surface area contributed by atoms with Crippen molar-refractivity contribution in [2.45, 2.75) is 39.5 Å². The SMILES string of the molecule is CCCc1ccc(OCCC(C)CCS)cc1. The van der Waals surface area contributed by atoms with Crippen LogP contribution < -0.4 is 4.74 Å². The van der Waals surface area contributed by atoms with Crippen molar-refractivity contribution in [1.29, 1.82) is 0 Å². The van der Waals surface area contributed by atoms with Gasteiger partial charge in [0.05, 0.1) is 6.61 Å². The van der Waals surface area contributed by atoms with Gasteiger partial charge >= 0.3 is 0 Å². The van der Waals surface area contributed by atoms with E-state index in [1.807, 2.05) is 0 Å². The van der Waals surface area contributed by atoms with Crippen molar-refractivity contribution < 1.29 is 4.74 Å². The number of aryl methyl sites for hydroxylation is 1. The first-order valence-corrected chi connectivity index (χ1v) is 7.22. The zero-order valence-corrected chi connectivity index (χ0v) is 11.9. The molecule has 0 aliphatic heterocycles. The summed E-state index contributed by atoms with van der Waals surface area (Å²) in [6.45, 7) is 5.26. The smallest absolute Gasteiger partial charge is 0.119 e. The van der Waals surface area contributed by atoms with Crippen molar-refractivity contribution in [2.75, 3.05) is 12.4 Å². The Morgan fingerprint density at radius 3 is 2.47 bits per heavy atom. The molecular formula is C15H24OS. The van der Waals surface area contributed by atoms with Crippen LogP contribution in [0.3, 0.4) is 0 Å². The Bertz CT molecular complexity index is 294. The van der Waals surface area contributed by atoms with Gasteiger partial charge < -0.3 is 4.74 Å². The Morgan fingerprint density at radius 2 is 1.88 bits per heavy atom. The third kappa shape index (κ3) is 6.02. The van der Waals surface area contributed by atoms with Crippen molar-refractivity contribution in [3.63, 3.8) is 0 Å². The van der Waals surface area contributed by atoms with Crippen LogP contribution >= 0.6 is 12.6 Å². The molecule has 1 unspecified atom stereocenters. The molecule has 1 rings (SSSR count). The van der Waals surface area contributed by atoms with Gasteiger partial charge in [0, 0.05) is 0 Å². The zero-order chi connectivity index (χ0) is 12.5. The summed E-state index contributed by atoms with van der Waals surface area (Å²) < 4.78 is 5.73. The minimum Gasteiger partial charge on any atom is -0.494 e. The van der Waals surface area contributed by atoms with Crippen molar-refractivity contribution in [1.82, 2.24) is 0 Å². The molecule has 1 atom stereocenters. The lowest BCUT2D eigenvalue weighted by molar-refractivity contribution is 0.282. The summed E-state index contributed by atoms with van der Waals surface area (Å²) in [5.41, 5.74) is 1.39. The molecule has 1 aromatic carbocycles. The van der Waals surface area contributed by atoms with Crippen molar-refractivity contribution in [2.24, 2.45) is 5.92 Å². The first kappa shape index (κ1) is 14.4. The van der Waals surface area contributed by atoms with E-state index in [1.54, 1.807) is 0 Å². The summed E-state index contributed by atoms with van der Waals surface area (Å²) in [5, 5.41) is 0. The molecule has 2 heteroatoms. The fraction of sp³-hybridized carbons (Fsp3) is 0.600. The molecule has 0 spiro atoms. The van der Waals surface area contributed by atoms with E-state index >= 15 is 0 Å². The van der Waals surface area contributed by atoms with E-state index in [-0.39, 0.29) is 0 Å². The molecular weight excluding hydrogens is 228 g/mol. The van der Waals surface area contributed by atoms with E-state index in [4.69, 9.17) is 4.74 Å².